The second-order valence-electron chi connectivity index (χ2n) is 11.0. The van der Waals surface area contributed by atoms with E-state index in [1.807, 2.05) is 134 Å². The van der Waals surface area contributed by atoms with Crippen molar-refractivity contribution in [1.82, 2.24) is 0 Å². The minimum absolute atomic E-state index is 0. The van der Waals surface area contributed by atoms with Crippen LogP contribution in [-0.4, -0.2) is 29.5 Å². The Bertz CT molecular complexity index is 1530. The third-order valence-corrected chi connectivity index (χ3v) is 6.06. The molecule has 3 N–H and O–H groups in total. The molecule has 0 bridgehead atoms. The molecule has 430 valence electrons. The van der Waals surface area contributed by atoms with E-state index in [2.05, 4.69) is 107 Å². The van der Waals surface area contributed by atoms with Gasteiger partial charge in [0.25, 0.3) is 0 Å². The molecule has 8 aromatic carbocycles. The molecule has 0 aliphatic rings. The van der Waals surface area contributed by atoms with Crippen molar-refractivity contribution in [1.29, 1.82) is 0 Å². The van der Waals surface area contributed by atoms with E-state index in [9.17, 15) is 0 Å². The normalized spacial score (nSPS) is 5.77. The Balaban J connectivity index is -0.0000000173. The summed E-state index contributed by atoms with van der Waals surface area (Å²) in [4.78, 5) is 0. The Morgan fingerprint density at radius 2 is 0.439 bits per heavy atom. The minimum Gasteiger partial charge on any atom is -0.545 e. The first-order chi connectivity index (χ1) is 28.4. The molecule has 0 saturated carbocycles. The first-order valence-corrected chi connectivity index (χ1v) is 18.0. The van der Waals surface area contributed by atoms with Gasteiger partial charge in [-0.2, -0.15) is 162 Å². The largest absolute Gasteiger partial charge is 0.545 e. The summed E-state index contributed by atoms with van der Waals surface area (Å²) >= 11 is 0. The average Bonchev–Trinajstić information content (AvgIpc) is 3.29. The van der Waals surface area contributed by atoms with E-state index in [0.717, 1.165) is 14.2 Å². The van der Waals surface area contributed by atoms with Gasteiger partial charge in [-0.1, -0.05) is 72.3 Å². The zero-order valence-electron chi connectivity index (χ0n) is 49.4. The third kappa shape index (κ3) is 131. The molecule has 0 amide bonds. The summed E-state index contributed by atoms with van der Waals surface area (Å²) in [6.07, 6.45) is 0. The van der Waals surface area contributed by atoms with Crippen LogP contribution in [-0.2, 0) is 0 Å². The third-order valence-electron chi connectivity index (χ3n) is 6.06. The van der Waals surface area contributed by atoms with E-state index >= 15 is 0 Å². The summed E-state index contributed by atoms with van der Waals surface area (Å²) in [5.41, 5.74) is 6.35. The molecule has 0 unspecified atom stereocenters. The average molecular weight is 3900 g/mol. The number of aliphatic hydroxyl groups is 2. The number of benzene rings is 8. The summed E-state index contributed by atoms with van der Waals surface area (Å²) < 4.78 is 0. The summed E-state index contributed by atoms with van der Waals surface area (Å²) in [5.74, 6) is 0.291. The van der Waals surface area contributed by atoms with Crippen molar-refractivity contribution in [3.63, 3.8) is 0 Å². The first kappa shape index (κ1) is 175. The summed E-state index contributed by atoms with van der Waals surface area (Å²) in [6.45, 7) is 10.3. The number of phenolic OH excluding ortho intramolecular Hbond substituents is 1. The Hall–Kier alpha value is -17.5. The summed E-state index contributed by atoms with van der Waals surface area (Å²) in [6, 6.07) is 90.5. The molecule has 0 saturated heterocycles. The second kappa shape index (κ2) is 137. The van der Waals surface area contributed by atoms with Gasteiger partial charge >= 0.3 is 0 Å². The molecule has 8 aromatic rings. The standard InChI is InChI=1S/4C7H7.C7H6.C6H5O.C6H4.C6H3.2CH4O.6CH4.7CH3.11Rf/c5*1-7-5-3-2-4-6-7;7-6-4-2-1-3-5-6;2*1-2-4-6-5-3-1;2*1-2;;;;;;;;;;;;;;;;;;;;;;;;/h3*3-6H,1H3;2-3,5-6H,1H3;2,5-6H,1H3;2-5,7H;1-2,5-6H;1,4-5H;2*2H,1H3;6*1H4;7*1H3;;;;;;;;;;;/q4*-1;-2;-1;-2;-3;;;;;;;;;7*-1;;;;;;;;;;;. The van der Waals surface area contributed by atoms with Gasteiger partial charge in [0.2, 0.25) is 0 Å². The van der Waals surface area contributed by atoms with Crippen LogP contribution in [0.1, 0.15) is 72.4 Å². The Labute approximate surface area is 447 Å². The maximum atomic E-state index is 8.61. The van der Waals surface area contributed by atoms with Crippen LogP contribution in [0.4, 0.5) is 0 Å². The fourth-order valence-electron chi connectivity index (χ4n) is 3.28. The van der Waals surface area contributed by atoms with Crippen molar-refractivity contribution in [2.45, 2.75) is 79.2 Å². The molecule has 0 radical (unpaired) electrons. The van der Waals surface area contributed by atoms with Gasteiger partial charge in [-0.25, -0.2) is 0 Å². The van der Waals surface area contributed by atoms with Gasteiger partial charge in [-0.15, -0.1) is 19.1 Å². The maximum absolute atomic E-state index is 8.61. The summed E-state index contributed by atoms with van der Waals surface area (Å²) in [5, 5.41) is 22.6. The zero-order valence-corrected chi connectivity index (χ0v) is 120. The fourth-order valence-corrected chi connectivity index (χ4v) is 3.28. The predicted molar refractivity (Wildman–Crippen MR) is 324 cm³/mol. The number of phenols is 1. The van der Waals surface area contributed by atoms with Crippen LogP contribution < -0.4 is 0 Å². The van der Waals surface area contributed by atoms with E-state index < -0.39 is 0 Å². The molecule has 14 heteroatoms. The monoisotopic (exact) mass is 3900 g/mol. The molecule has 0 aliphatic carbocycles. The van der Waals surface area contributed by atoms with Crippen molar-refractivity contribution >= 4 is 0 Å². The molecule has 0 aliphatic heterocycles. The predicted octanol–water partition coefficient (Wildman–Crippen LogP) is 18.5. The van der Waals surface area contributed by atoms with Gasteiger partial charge in [-0.05, 0) is 0 Å². The summed E-state index contributed by atoms with van der Waals surface area (Å²) in [7, 11) is 2.00. The van der Waals surface area contributed by atoms with Gasteiger partial charge in [0.1, 0.15) is 0 Å². The smallest absolute Gasteiger partial charge is 0.0319 e. The van der Waals surface area contributed by atoms with Crippen molar-refractivity contribution in [2.24, 2.45) is 0 Å². The van der Waals surface area contributed by atoms with Gasteiger partial charge in [-0.3, -0.25) is 42.0 Å². The van der Waals surface area contributed by atoms with Crippen molar-refractivity contribution in [2.75, 3.05) is 14.2 Å². The number of aryl methyl sites for hydroxylation is 5. The van der Waals surface area contributed by atoms with Gasteiger partial charge in [0.05, 0.1) is 0 Å². The van der Waals surface area contributed by atoms with Crippen LogP contribution in [0, 0.1) is 159 Å². The Morgan fingerprint density at radius 3 is 0.549 bits per heavy atom. The van der Waals surface area contributed by atoms with E-state index in [-0.39, 0.29) is 96.5 Å². The zero-order chi connectivity index (χ0) is 43.2. The van der Waals surface area contributed by atoms with Crippen LogP contribution >= 0.6 is 0 Å². The molecule has 3 nitrogen and oxygen atoms in total. The van der Waals surface area contributed by atoms with E-state index in [1.54, 1.807) is 48.5 Å². The van der Waals surface area contributed by atoms with Crippen molar-refractivity contribution < 1.29 is 15.3 Å². The van der Waals surface area contributed by atoms with E-state index in [0.29, 0.717) is 5.75 Å². The number of aliphatic hydroxyl groups excluding tert-OH is 2. The first-order valence-electron chi connectivity index (χ1n) is 18.0. The second-order valence-corrected chi connectivity index (χ2v) is 11.0. The Morgan fingerprint density at radius 1 is 0.232 bits per heavy atom. The molecule has 8 rings (SSSR count). The molecule has 0 fully saturated rings. The maximum Gasteiger partial charge on any atom is 0.0319 e. The Kier molecular flexibility index (Phi) is 294. The van der Waals surface area contributed by atoms with Gasteiger partial charge in [0.15, 0.2) is 0 Å². The molecular formula is C68H99O3Rf11-19. The van der Waals surface area contributed by atoms with Crippen molar-refractivity contribution in [3.05, 3.63) is 335 Å². The molecule has 0 atom stereocenters. The topological polar surface area (TPSA) is 60.7 Å². The van der Waals surface area contributed by atoms with E-state index in [1.165, 1.54) is 27.8 Å². The van der Waals surface area contributed by atoms with E-state index in [4.69, 9.17) is 15.3 Å². The number of hydrogen-bond acceptors (Lipinski definition) is 3. The SMILES string of the molecule is C.C.C.C.C.C.CO.CO.Cc1c[c-]c[c-]c1.Cc1c[c-]ccc1.Cc1cc[c-]cc1.Cc1cc[c-]cc1.Cc1cc[c-]cc1.Oc1cc[c-]cc1.[CH3-].[CH3-].[CH3-].[CH3-].[CH3-].[CH3-].[CH3-].[Rf].[Rf].[Rf].[Rf].[Rf].[Rf].[Rf].[Rf].[Rf].[Rf].[Rf].[c-]1c[c-]c[c-]c1.[c-]1cc[c-]cc1. The van der Waals surface area contributed by atoms with Crippen LogP contribution in [0.5, 0.6) is 5.75 Å². The molecular weight excluding hydrogens is 3800 g/mol. The molecule has 0 aromatic heterocycles. The van der Waals surface area contributed by atoms with Crippen LogP contribution in [0.25, 0.3) is 0 Å². The number of rotatable bonds is 0. The van der Waals surface area contributed by atoms with Crippen LogP contribution in [0.3, 0.4) is 0 Å². The quantitative estimate of drug-likeness (QED) is 0.133. The fraction of sp³-hybridized carbons (Fsp3) is 0.191. The van der Waals surface area contributed by atoms with Crippen LogP contribution in [0.2, 0.25) is 0 Å². The minimum atomic E-state index is 0. The number of aromatic hydroxyl groups is 1. The van der Waals surface area contributed by atoms with Crippen molar-refractivity contribution in [3.8, 4) is 5.75 Å². The van der Waals surface area contributed by atoms with Crippen LogP contribution in [0.15, 0.2) is 182 Å². The molecule has 0 spiro atoms. The molecule has 0 heterocycles. The number of hydrogen-bond donors (Lipinski definition) is 3. The molecule has 82 heavy (non-hydrogen) atoms. The van der Waals surface area contributed by atoms with Gasteiger partial charge < -0.3 is 134 Å². The van der Waals surface area contributed by atoms with Gasteiger partial charge in [0, 0.05) is 20.0 Å².